The van der Waals surface area contributed by atoms with E-state index in [0.29, 0.717) is 6.54 Å². The number of likely N-dealkylation sites (tertiary alicyclic amines) is 1. The first-order chi connectivity index (χ1) is 12.6. The van der Waals surface area contributed by atoms with Gasteiger partial charge in [-0.05, 0) is 31.4 Å². The van der Waals surface area contributed by atoms with Gasteiger partial charge in [0, 0.05) is 25.8 Å². The molecule has 6 heteroatoms. The standard InChI is InChI=1S/C20H27N3O3/c1-22(15-8-3-2-4-9-15)13-7-12-21-18(24)14-23-19(25)16-10-5-6-11-17(16)20(23)26/h2-4,8-9,16-17H,5-7,10-14H2,1H3,(H,21,24)/t16-,17-/m1/s1. The predicted octanol–water partition coefficient (Wildman–Crippen LogP) is 1.80. The summed E-state index contributed by atoms with van der Waals surface area (Å²) in [6.07, 6.45) is 4.34. The number of anilines is 1. The molecular weight excluding hydrogens is 330 g/mol. The lowest BCUT2D eigenvalue weighted by molar-refractivity contribution is -0.143. The molecule has 1 aliphatic carbocycles. The van der Waals surface area contributed by atoms with Crippen molar-refractivity contribution >= 4 is 23.4 Å². The molecule has 0 unspecified atom stereocenters. The number of para-hydroxylation sites is 1. The maximum atomic E-state index is 12.4. The van der Waals surface area contributed by atoms with Crippen LogP contribution < -0.4 is 10.2 Å². The summed E-state index contributed by atoms with van der Waals surface area (Å²) in [6.45, 7) is 1.20. The van der Waals surface area contributed by atoms with Crippen molar-refractivity contribution in [1.29, 1.82) is 0 Å². The second-order valence-corrected chi connectivity index (χ2v) is 7.22. The minimum Gasteiger partial charge on any atom is -0.375 e. The van der Waals surface area contributed by atoms with Crippen molar-refractivity contribution in [2.45, 2.75) is 32.1 Å². The first-order valence-corrected chi connectivity index (χ1v) is 9.46. The molecule has 2 atom stereocenters. The molecule has 1 saturated heterocycles. The third-order valence-electron chi connectivity index (χ3n) is 5.42. The third kappa shape index (κ3) is 4.06. The molecule has 0 aromatic heterocycles. The second kappa shape index (κ2) is 8.34. The Morgan fingerprint density at radius 1 is 1.12 bits per heavy atom. The van der Waals surface area contributed by atoms with Gasteiger partial charge >= 0.3 is 0 Å². The number of carbonyl (C=O) groups excluding carboxylic acids is 3. The Bertz CT molecular complexity index is 638. The van der Waals surface area contributed by atoms with Crippen molar-refractivity contribution in [1.82, 2.24) is 10.2 Å². The lowest BCUT2D eigenvalue weighted by Gasteiger charge is -2.19. The van der Waals surface area contributed by atoms with Crippen molar-refractivity contribution in [3.8, 4) is 0 Å². The quantitative estimate of drug-likeness (QED) is 0.597. The number of rotatable bonds is 7. The Balaban J connectivity index is 1.40. The van der Waals surface area contributed by atoms with E-state index in [0.717, 1.165) is 44.3 Å². The first-order valence-electron chi connectivity index (χ1n) is 9.46. The molecule has 1 aliphatic heterocycles. The van der Waals surface area contributed by atoms with E-state index in [4.69, 9.17) is 0 Å². The number of carbonyl (C=O) groups is 3. The molecule has 3 rings (SSSR count). The van der Waals surface area contributed by atoms with Crippen LogP contribution in [0.25, 0.3) is 0 Å². The van der Waals surface area contributed by atoms with Gasteiger partial charge in [0.1, 0.15) is 6.54 Å². The SMILES string of the molecule is CN(CCCNC(=O)CN1C(=O)[C@@H]2CCCC[C@H]2C1=O)c1ccccc1. The number of benzene rings is 1. The second-order valence-electron chi connectivity index (χ2n) is 7.22. The van der Waals surface area contributed by atoms with E-state index in [-0.39, 0.29) is 36.1 Å². The number of nitrogens with zero attached hydrogens (tertiary/aromatic N) is 2. The smallest absolute Gasteiger partial charge is 0.240 e. The maximum absolute atomic E-state index is 12.4. The summed E-state index contributed by atoms with van der Waals surface area (Å²) in [6, 6.07) is 10.1. The van der Waals surface area contributed by atoms with Gasteiger partial charge in [-0.15, -0.1) is 0 Å². The minimum atomic E-state index is -0.257. The Hall–Kier alpha value is -2.37. The highest BCUT2D eigenvalue weighted by atomic mass is 16.2. The van der Waals surface area contributed by atoms with Crippen LogP contribution in [-0.4, -0.2) is 49.3 Å². The third-order valence-corrected chi connectivity index (χ3v) is 5.42. The molecule has 140 valence electrons. The summed E-state index contributed by atoms with van der Waals surface area (Å²) in [5.74, 6) is -0.947. The molecule has 0 bridgehead atoms. The fraction of sp³-hybridized carbons (Fsp3) is 0.550. The van der Waals surface area contributed by atoms with Crippen molar-refractivity contribution in [2.75, 3.05) is 31.6 Å². The van der Waals surface area contributed by atoms with E-state index in [1.807, 2.05) is 37.4 Å². The van der Waals surface area contributed by atoms with Crippen LogP contribution in [0.2, 0.25) is 0 Å². The van der Waals surface area contributed by atoms with E-state index >= 15 is 0 Å². The van der Waals surface area contributed by atoms with E-state index in [1.165, 1.54) is 4.90 Å². The minimum absolute atomic E-state index is 0.140. The fourth-order valence-electron chi connectivity index (χ4n) is 3.94. The molecule has 0 radical (unpaired) electrons. The number of amides is 3. The van der Waals surface area contributed by atoms with E-state index in [9.17, 15) is 14.4 Å². The highest BCUT2D eigenvalue weighted by Gasteiger charge is 2.48. The summed E-state index contributed by atoms with van der Waals surface area (Å²) in [5, 5.41) is 2.83. The fourth-order valence-corrected chi connectivity index (χ4v) is 3.94. The molecule has 2 aliphatic rings. The summed E-state index contributed by atoms with van der Waals surface area (Å²) in [5.41, 5.74) is 1.13. The predicted molar refractivity (Wildman–Crippen MR) is 99.5 cm³/mol. The van der Waals surface area contributed by atoms with Crippen LogP contribution in [0.3, 0.4) is 0 Å². The van der Waals surface area contributed by atoms with Gasteiger partial charge in [0.2, 0.25) is 17.7 Å². The Morgan fingerprint density at radius 2 is 1.73 bits per heavy atom. The molecule has 1 N–H and O–H groups in total. The molecule has 6 nitrogen and oxygen atoms in total. The largest absolute Gasteiger partial charge is 0.375 e. The number of fused-ring (bicyclic) bond motifs is 1. The van der Waals surface area contributed by atoms with Crippen LogP contribution in [0, 0.1) is 11.8 Å². The zero-order chi connectivity index (χ0) is 18.5. The van der Waals surface area contributed by atoms with Crippen molar-refractivity contribution in [3.63, 3.8) is 0 Å². The Morgan fingerprint density at radius 3 is 2.35 bits per heavy atom. The maximum Gasteiger partial charge on any atom is 0.240 e. The average molecular weight is 357 g/mol. The molecule has 1 heterocycles. The van der Waals surface area contributed by atoms with Crippen LogP contribution in [-0.2, 0) is 14.4 Å². The molecule has 3 amide bonds. The van der Waals surface area contributed by atoms with Gasteiger partial charge in [0.15, 0.2) is 0 Å². The summed E-state index contributed by atoms with van der Waals surface area (Å²) in [4.78, 5) is 40.2. The van der Waals surface area contributed by atoms with E-state index in [2.05, 4.69) is 10.2 Å². The van der Waals surface area contributed by atoms with Crippen LogP contribution in [0.4, 0.5) is 5.69 Å². The Kier molecular flexibility index (Phi) is 5.91. The lowest BCUT2D eigenvalue weighted by atomic mass is 9.81. The number of nitrogens with one attached hydrogen (secondary N) is 1. The summed E-state index contributed by atoms with van der Waals surface area (Å²) >= 11 is 0. The topological polar surface area (TPSA) is 69.7 Å². The first kappa shape index (κ1) is 18.4. The van der Waals surface area contributed by atoms with Crippen molar-refractivity contribution in [2.24, 2.45) is 11.8 Å². The highest BCUT2D eigenvalue weighted by Crippen LogP contribution is 2.37. The molecule has 1 aromatic rings. The normalized spacial score (nSPS) is 22.3. The number of hydrogen-bond acceptors (Lipinski definition) is 4. The monoisotopic (exact) mass is 357 g/mol. The summed E-state index contributed by atoms with van der Waals surface area (Å²) < 4.78 is 0. The van der Waals surface area contributed by atoms with Gasteiger partial charge in [-0.3, -0.25) is 19.3 Å². The van der Waals surface area contributed by atoms with Crippen molar-refractivity contribution in [3.05, 3.63) is 30.3 Å². The summed E-state index contributed by atoms with van der Waals surface area (Å²) in [7, 11) is 2.01. The average Bonchev–Trinajstić information content (AvgIpc) is 2.91. The zero-order valence-electron chi connectivity index (χ0n) is 15.3. The number of hydrogen-bond donors (Lipinski definition) is 1. The molecule has 1 saturated carbocycles. The van der Waals surface area contributed by atoms with Crippen molar-refractivity contribution < 1.29 is 14.4 Å². The lowest BCUT2D eigenvalue weighted by Crippen LogP contribution is -2.41. The van der Waals surface area contributed by atoms with Crippen LogP contribution in [0.1, 0.15) is 32.1 Å². The van der Waals surface area contributed by atoms with E-state index in [1.54, 1.807) is 0 Å². The van der Waals surface area contributed by atoms with Crippen LogP contribution in [0.5, 0.6) is 0 Å². The van der Waals surface area contributed by atoms with Gasteiger partial charge < -0.3 is 10.2 Å². The number of imide groups is 1. The highest BCUT2D eigenvalue weighted by molar-refractivity contribution is 6.07. The molecule has 0 spiro atoms. The molecular formula is C20H27N3O3. The van der Waals surface area contributed by atoms with E-state index < -0.39 is 0 Å². The molecule has 26 heavy (non-hydrogen) atoms. The van der Waals surface area contributed by atoms with Gasteiger partial charge in [0.25, 0.3) is 0 Å². The van der Waals surface area contributed by atoms with Gasteiger partial charge in [-0.2, -0.15) is 0 Å². The van der Waals surface area contributed by atoms with Gasteiger partial charge in [-0.1, -0.05) is 31.0 Å². The van der Waals surface area contributed by atoms with Gasteiger partial charge in [0.05, 0.1) is 11.8 Å². The van der Waals surface area contributed by atoms with Crippen LogP contribution in [0.15, 0.2) is 30.3 Å². The Labute approximate surface area is 154 Å². The zero-order valence-corrected chi connectivity index (χ0v) is 15.3. The molecule has 2 fully saturated rings. The molecule has 1 aromatic carbocycles. The van der Waals surface area contributed by atoms with Crippen LogP contribution >= 0.6 is 0 Å². The van der Waals surface area contributed by atoms with Gasteiger partial charge in [-0.25, -0.2) is 0 Å².